The molecule has 260 valence electrons. The van der Waals surface area contributed by atoms with Crippen LogP contribution in [0.4, 0.5) is 0 Å². The first kappa shape index (κ1) is 38.1. The third-order valence-corrected chi connectivity index (χ3v) is 9.83. The van der Waals surface area contributed by atoms with E-state index < -0.39 is 29.6 Å². The fourth-order valence-electron chi connectivity index (χ4n) is 6.05. The highest BCUT2D eigenvalue weighted by Gasteiger charge is 2.44. The van der Waals surface area contributed by atoms with Crippen molar-refractivity contribution in [3.63, 3.8) is 0 Å². The maximum Gasteiger partial charge on any atom is 0.303 e. The number of hydrogen-bond acceptors (Lipinski definition) is 7. The smallest absolute Gasteiger partial charge is 0.303 e. The lowest BCUT2D eigenvalue weighted by atomic mass is 9.85. The number of nitrogens with zero attached hydrogens (tertiary/aromatic N) is 2. The first-order valence-electron chi connectivity index (χ1n) is 17.1. The van der Waals surface area contributed by atoms with Crippen LogP contribution in [0.25, 0.3) is 10.4 Å². The van der Waals surface area contributed by atoms with E-state index in [2.05, 4.69) is 15.6 Å². The molecule has 1 aliphatic rings. The highest BCUT2D eigenvalue weighted by Crippen LogP contribution is 2.29. The highest BCUT2D eigenvalue weighted by molar-refractivity contribution is 7.13. The second-order valence-electron chi connectivity index (χ2n) is 14.0. The van der Waals surface area contributed by atoms with Gasteiger partial charge in [0.25, 0.3) is 0 Å². The number of rotatable bonds is 18. The SMILES string of the molecule is Cc1ncsc1-c1ccc(C(C)NC(=O)C2CC(O)CN2C(=O)C(NC(=O)CCCCCCCCCCCC(=O)O)C(C)(C)C)cc1. The van der Waals surface area contributed by atoms with Crippen molar-refractivity contribution in [3.8, 4) is 10.4 Å². The van der Waals surface area contributed by atoms with Gasteiger partial charge in [0, 0.05) is 25.8 Å². The van der Waals surface area contributed by atoms with E-state index in [9.17, 15) is 24.3 Å². The van der Waals surface area contributed by atoms with E-state index in [1.54, 1.807) is 11.3 Å². The quantitative estimate of drug-likeness (QED) is 0.139. The van der Waals surface area contributed by atoms with E-state index in [1.165, 1.54) is 4.90 Å². The van der Waals surface area contributed by atoms with E-state index in [0.717, 1.165) is 79.5 Å². The van der Waals surface area contributed by atoms with Crippen molar-refractivity contribution in [2.75, 3.05) is 6.54 Å². The summed E-state index contributed by atoms with van der Waals surface area (Å²) in [5, 5.41) is 25.2. The summed E-state index contributed by atoms with van der Waals surface area (Å²) in [7, 11) is 0. The summed E-state index contributed by atoms with van der Waals surface area (Å²) in [5.41, 5.74) is 4.19. The molecule has 3 amide bonds. The van der Waals surface area contributed by atoms with Gasteiger partial charge in [-0.25, -0.2) is 4.98 Å². The summed E-state index contributed by atoms with van der Waals surface area (Å²) in [6, 6.07) is 6.00. The number of thiazole rings is 1. The second kappa shape index (κ2) is 18.3. The molecule has 0 aliphatic carbocycles. The number of aliphatic hydroxyl groups excluding tert-OH is 1. The van der Waals surface area contributed by atoms with Gasteiger partial charge in [-0.05, 0) is 43.2 Å². The summed E-state index contributed by atoms with van der Waals surface area (Å²) < 4.78 is 0. The average molecular weight is 671 g/mol. The van der Waals surface area contributed by atoms with Gasteiger partial charge in [-0.1, -0.05) is 90.0 Å². The number of amides is 3. The number of aromatic nitrogens is 1. The van der Waals surface area contributed by atoms with Crippen molar-refractivity contribution in [1.82, 2.24) is 20.5 Å². The average Bonchev–Trinajstić information content (AvgIpc) is 3.62. The number of aliphatic hydroxyl groups is 1. The lowest BCUT2D eigenvalue weighted by Gasteiger charge is -2.35. The van der Waals surface area contributed by atoms with Crippen LogP contribution in [-0.4, -0.2) is 68.5 Å². The Morgan fingerprint density at radius 3 is 2.04 bits per heavy atom. The normalized spacial score (nSPS) is 17.7. The molecule has 1 aromatic carbocycles. The monoisotopic (exact) mass is 670 g/mol. The van der Waals surface area contributed by atoms with Crippen molar-refractivity contribution in [1.29, 1.82) is 0 Å². The number of likely N-dealkylation sites (tertiary alicyclic amines) is 1. The van der Waals surface area contributed by atoms with Crippen molar-refractivity contribution < 1.29 is 29.4 Å². The van der Waals surface area contributed by atoms with Crippen LogP contribution in [0.1, 0.15) is 122 Å². The molecule has 2 aromatic rings. The number of aryl methyl sites for hydroxylation is 1. The van der Waals surface area contributed by atoms with Gasteiger partial charge in [-0.15, -0.1) is 11.3 Å². The minimum absolute atomic E-state index is 0.0379. The number of hydrogen-bond donors (Lipinski definition) is 4. The Labute approximate surface area is 283 Å². The number of unbranched alkanes of at least 4 members (excludes halogenated alkanes) is 8. The standard InChI is InChI=1S/C36H54N4O6S/c1-24(26-17-19-27(20-18-26)32-25(2)37-23-47-32)38-34(45)29-21-28(41)22-40(29)35(46)33(36(3,4)5)39-30(42)15-13-11-9-7-6-8-10-12-14-16-31(43)44/h17-20,23-24,28-29,33,41H,6-16,21-22H2,1-5H3,(H,38,45)(H,39,42)(H,43,44). The van der Waals surface area contributed by atoms with Crippen molar-refractivity contribution >= 4 is 35.0 Å². The summed E-state index contributed by atoms with van der Waals surface area (Å²) in [5.74, 6) is -1.62. The van der Waals surface area contributed by atoms with Crippen LogP contribution in [0, 0.1) is 12.3 Å². The van der Waals surface area contributed by atoms with Crippen molar-refractivity contribution in [3.05, 3.63) is 41.0 Å². The van der Waals surface area contributed by atoms with Crippen molar-refractivity contribution in [2.45, 2.75) is 136 Å². The molecule has 4 unspecified atom stereocenters. The molecule has 47 heavy (non-hydrogen) atoms. The fraction of sp³-hybridized carbons (Fsp3) is 0.639. The zero-order chi connectivity index (χ0) is 34.6. The number of β-amino-alcohol motifs (C(OH)–C–C–N with tert-alkyl or cyclic N) is 1. The number of benzene rings is 1. The molecule has 1 aliphatic heterocycles. The zero-order valence-corrected chi connectivity index (χ0v) is 29.5. The summed E-state index contributed by atoms with van der Waals surface area (Å²) in [6.07, 6.45) is 8.57. The summed E-state index contributed by atoms with van der Waals surface area (Å²) in [4.78, 5) is 57.8. The second-order valence-corrected chi connectivity index (χ2v) is 14.8. The van der Waals surface area contributed by atoms with Crippen LogP contribution in [0.3, 0.4) is 0 Å². The van der Waals surface area contributed by atoms with Gasteiger partial charge in [0.05, 0.1) is 28.2 Å². The minimum Gasteiger partial charge on any atom is -0.481 e. The minimum atomic E-state index is -0.836. The van der Waals surface area contributed by atoms with Gasteiger partial charge in [0.2, 0.25) is 17.7 Å². The molecule has 2 heterocycles. The first-order valence-corrected chi connectivity index (χ1v) is 18.0. The molecule has 0 spiro atoms. The summed E-state index contributed by atoms with van der Waals surface area (Å²) in [6.45, 7) is 9.57. The van der Waals surface area contributed by atoms with E-state index in [4.69, 9.17) is 5.11 Å². The highest BCUT2D eigenvalue weighted by atomic mass is 32.1. The number of carbonyl (C=O) groups is 4. The van der Waals surface area contributed by atoms with Crippen LogP contribution >= 0.6 is 11.3 Å². The molecule has 3 rings (SSSR count). The molecule has 10 nitrogen and oxygen atoms in total. The maximum absolute atomic E-state index is 13.9. The van der Waals surface area contributed by atoms with Gasteiger partial charge in [-0.2, -0.15) is 0 Å². The van der Waals surface area contributed by atoms with Crippen LogP contribution in [-0.2, 0) is 19.2 Å². The molecule has 1 aromatic heterocycles. The largest absolute Gasteiger partial charge is 0.481 e. The van der Waals surface area contributed by atoms with Crippen LogP contribution in [0.2, 0.25) is 0 Å². The van der Waals surface area contributed by atoms with Crippen LogP contribution in [0.5, 0.6) is 0 Å². The van der Waals surface area contributed by atoms with E-state index in [0.29, 0.717) is 6.42 Å². The number of aliphatic carboxylic acids is 1. The zero-order valence-electron chi connectivity index (χ0n) is 28.7. The van der Waals surface area contributed by atoms with E-state index in [1.807, 2.05) is 64.4 Å². The maximum atomic E-state index is 13.9. The first-order chi connectivity index (χ1) is 22.3. The number of nitrogens with one attached hydrogen (secondary N) is 2. The Kier molecular flexibility index (Phi) is 14.8. The molecular formula is C36H54N4O6S. The van der Waals surface area contributed by atoms with Gasteiger partial charge in [0.15, 0.2) is 0 Å². The Bertz CT molecular complexity index is 1320. The Balaban J connectivity index is 1.49. The Morgan fingerprint density at radius 2 is 1.51 bits per heavy atom. The van der Waals surface area contributed by atoms with Gasteiger partial charge < -0.3 is 25.7 Å². The molecular weight excluding hydrogens is 616 g/mol. The van der Waals surface area contributed by atoms with E-state index >= 15 is 0 Å². The number of carboxylic acid groups (broad SMARTS) is 1. The topological polar surface area (TPSA) is 149 Å². The predicted molar refractivity (Wildman–Crippen MR) is 185 cm³/mol. The lowest BCUT2D eigenvalue weighted by Crippen LogP contribution is -2.57. The molecule has 11 heteroatoms. The lowest BCUT2D eigenvalue weighted by molar-refractivity contribution is -0.144. The Morgan fingerprint density at radius 1 is 0.936 bits per heavy atom. The number of carboxylic acids is 1. The molecule has 0 radical (unpaired) electrons. The van der Waals surface area contributed by atoms with Crippen LogP contribution in [0.15, 0.2) is 29.8 Å². The Hall–Kier alpha value is -3.31. The van der Waals surface area contributed by atoms with Crippen molar-refractivity contribution in [2.24, 2.45) is 5.41 Å². The van der Waals surface area contributed by atoms with Crippen LogP contribution < -0.4 is 10.6 Å². The molecule has 0 saturated carbocycles. The van der Waals surface area contributed by atoms with Gasteiger partial charge >= 0.3 is 5.97 Å². The third kappa shape index (κ3) is 12.0. The summed E-state index contributed by atoms with van der Waals surface area (Å²) >= 11 is 1.58. The third-order valence-electron chi connectivity index (χ3n) is 8.85. The molecule has 4 N–H and O–H groups in total. The molecule has 1 fully saturated rings. The molecule has 0 bridgehead atoms. The number of carbonyl (C=O) groups excluding carboxylic acids is 3. The molecule has 1 saturated heterocycles. The van der Waals surface area contributed by atoms with Gasteiger partial charge in [0.1, 0.15) is 12.1 Å². The fourth-order valence-corrected chi connectivity index (χ4v) is 6.86. The molecule has 4 atom stereocenters. The van der Waals surface area contributed by atoms with Gasteiger partial charge in [-0.3, -0.25) is 19.2 Å². The predicted octanol–water partition coefficient (Wildman–Crippen LogP) is 6.16. The van der Waals surface area contributed by atoms with E-state index in [-0.39, 0.29) is 43.1 Å².